The van der Waals surface area contributed by atoms with E-state index >= 15 is 0 Å². The van der Waals surface area contributed by atoms with Crippen molar-refractivity contribution >= 4 is 12.0 Å². The second-order valence-corrected chi connectivity index (χ2v) is 5.32. The van der Waals surface area contributed by atoms with Gasteiger partial charge in [0.05, 0.1) is 6.04 Å². The lowest BCUT2D eigenvalue weighted by Crippen LogP contribution is -2.49. The zero-order chi connectivity index (χ0) is 16.2. The van der Waals surface area contributed by atoms with E-state index in [0.717, 1.165) is 0 Å². The molecule has 0 aliphatic rings. The monoisotopic (exact) mass is 296 g/mol. The summed E-state index contributed by atoms with van der Waals surface area (Å²) >= 11 is 0. The van der Waals surface area contributed by atoms with E-state index in [1.54, 1.807) is 39.0 Å². The Hall–Kier alpha value is -2.11. The quantitative estimate of drug-likeness (QED) is 0.877. The highest BCUT2D eigenvalue weighted by Crippen LogP contribution is 2.21. The normalized spacial score (nSPS) is 13.6. The van der Waals surface area contributed by atoms with Crippen molar-refractivity contribution < 1.29 is 19.1 Å². The number of carboxylic acids is 1. The van der Waals surface area contributed by atoms with Crippen molar-refractivity contribution in [3.05, 3.63) is 35.6 Å². The summed E-state index contributed by atoms with van der Waals surface area (Å²) in [6.07, 6.45) is 0. The van der Waals surface area contributed by atoms with E-state index in [-0.39, 0.29) is 5.92 Å². The molecule has 116 valence electrons. The van der Waals surface area contributed by atoms with Crippen LogP contribution < -0.4 is 5.32 Å². The highest BCUT2D eigenvalue weighted by molar-refractivity contribution is 5.82. The lowest BCUT2D eigenvalue weighted by Gasteiger charge is -2.28. The van der Waals surface area contributed by atoms with Crippen LogP contribution in [0.3, 0.4) is 0 Å². The molecule has 0 aliphatic carbocycles. The number of rotatable bonds is 5. The molecule has 0 heterocycles. The number of nitrogens with one attached hydrogen (secondary N) is 1. The van der Waals surface area contributed by atoms with E-state index in [0.29, 0.717) is 5.56 Å². The first kappa shape index (κ1) is 16.9. The van der Waals surface area contributed by atoms with Crippen LogP contribution in [0.15, 0.2) is 24.3 Å². The lowest BCUT2D eigenvalue weighted by atomic mass is 10.0. The van der Waals surface area contributed by atoms with Crippen LogP contribution in [-0.4, -0.2) is 35.1 Å². The average molecular weight is 296 g/mol. The number of benzene rings is 1. The van der Waals surface area contributed by atoms with Crippen LogP contribution in [0.25, 0.3) is 0 Å². The van der Waals surface area contributed by atoms with E-state index in [1.807, 2.05) is 0 Å². The number of amides is 2. The molecule has 1 aromatic rings. The summed E-state index contributed by atoms with van der Waals surface area (Å²) in [4.78, 5) is 24.5. The zero-order valence-corrected chi connectivity index (χ0v) is 12.6. The molecule has 0 bridgehead atoms. The summed E-state index contributed by atoms with van der Waals surface area (Å²) < 4.78 is 13.7. The van der Waals surface area contributed by atoms with Crippen molar-refractivity contribution in [3.63, 3.8) is 0 Å². The molecule has 1 rings (SSSR count). The number of urea groups is 1. The SMILES string of the molecule is CC(C)C(NC(=O)N(C)C(C)c1ccccc1F)C(=O)O. The standard InChI is InChI=1S/C15H21FN2O3/c1-9(2)13(14(19)20)17-15(21)18(4)10(3)11-7-5-6-8-12(11)16/h5-10,13H,1-4H3,(H,17,21)(H,19,20). The molecule has 2 N–H and O–H groups in total. The van der Waals surface area contributed by atoms with Gasteiger partial charge in [-0.2, -0.15) is 0 Å². The maximum absolute atomic E-state index is 13.7. The van der Waals surface area contributed by atoms with Gasteiger partial charge in [-0.25, -0.2) is 14.0 Å². The molecule has 0 fully saturated rings. The first-order chi connectivity index (χ1) is 9.75. The summed E-state index contributed by atoms with van der Waals surface area (Å²) in [5, 5.41) is 11.5. The number of carbonyl (C=O) groups is 2. The molecule has 0 saturated carbocycles. The van der Waals surface area contributed by atoms with Gasteiger partial charge in [0.15, 0.2) is 0 Å². The largest absolute Gasteiger partial charge is 0.480 e. The molecule has 0 aromatic heterocycles. The lowest BCUT2D eigenvalue weighted by molar-refractivity contribution is -0.140. The molecule has 2 atom stereocenters. The predicted octanol–water partition coefficient (Wildman–Crippen LogP) is 2.64. The molecule has 0 saturated heterocycles. The number of aliphatic carboxylic acids is 1. The topological polar surface area (TPSA) is 69.6 Å². The molecular formula is C15H21FN2O3. The highest BCUT2D eigenvalue weighted by atomic mass is 19.1. The van der Waals surface area contributed by atoms with Crippen LogP contribution in [0.2, 0.25) is 0 Å². The third kappa shape index (κ3) is 4.18. The van der Waals surface area contributed by atoms with Crippen molar-refractivity contribution in [1.82, 2.24) is 10.2 Å². The third-order valence-corrected chi connectivity index (χ3v) is 3.47. The fourth-order valence-corrected chi connectivity index (χ4v) is 1.95. The Bertz CT molecular complexity index is 519. The van der Waals surface area contributed by atoms with E-state index in [9.17, 15) is 14.0 Å². The maximum atomic E-state index is 13.7. The zero-order valence-electron chi connectivity index (χ0n) is 12.6. The summed E-state index contributed by atoms with van der Waals surface area (Å²) in [7, 11) is 1.51. The van der Waals surface area contributed by atoms with Gasteiger partial charge < -0.3 is 15.3 Å². The number of hydrogen-bond acceptors (Lipinski definition) is 2. The summed E-state index contributed by atoms with van der Waals surface area (Å²) in [5.74, 6) is -1.74. The first-order valence-corrected chi connectivity index (χ1v) is 6.76. The molecule has 0 spiro atoms. The van der Waals surface area contributed by atoms with Gasteiger partial charge in [0.25, 0.3) is 0 Å². The fourth-order valence-electron chi connectivity index (χ4n) is 1.95. The van der Waals surface area contributed by atoms with Gasteiger partial charge >= 0.3 is 12.0 Å². The molecule has 21 heavy (non-hydrogen) atoms. The molecule has 0 radical (unpaired) electrons. The Morgan fingerprint density at radius 2 is 1.81 bits per heavy atom. The summed E-state index contributed by atoms with van der Waals surface area (Å²) in [6, 6.07) is 4.15. The molecule has 2 unspecified atom stereocenters. The Labute approximate surface area is 123 Å². The second-order valence-electron chi connectivity index (χ2n) is 5.32. The van der Waals surface area contributed by atoms with Crippen LogP contribution in [0, 0.1) is 11.7 Å². The predicted molar refractivity (Wildman–Crippen MR) is 77.4 cm³/mol. The van der Waals surface area contributed by atoms with Gasteiger partial charge in [0.2, 0.25) is 0 Å². The van der Waals surface area contributed by atoms with Crippen LogP contribution in [0.4, 0.5) is 9.18 Å². The molecule has 2 amide bonds. The van der Waals surface area contributed by atoms with Gasteiger partial charge in [-0.1, -0.05) is 32.0 Å². The van der Waals surface area contributed by atoms with E-state index < -0.39 is 29.9 Å². The molecule has 1 aromatic carbocycles. The maximum Gasteiger partial charge on any atom is 0.326 e. The minimum Gasteiger partial charge on any atom is -0.480 e. The van der Waals surface area contributed by atoms with Crippen molar-refractivity contribution in [2.75, 3.05) is 7.05 Å². The van der Waals surface area contributed by atoms with Crippen molar-refractivity contribution in [1.29, 1.82) is 0 Å². The van der Waals surface area contributed by atoms with Gasteiger partial charge in [0, 0.05) is 12.6 Å². The van der Waals surface area contributed by atoms with Crippen molar-refractivity contribution in [2.45, 2.75) is 32.9 Å². The van der Waals surface area contributed by atoms with Crippen LogP contribution in [-0.2, 0) is 4.79 Å². The first-order valence-electron chi connectivity index (χ1n) is 6.76. The Balaban J connectivity index is 2.83. The van der Waals surface area contributed by atoms with Gasteiger partial charge in [-0.15, -0.1) is 0 Å². The minimum absolute atomic E-state index is 0.247. The smallest absolute Gasteiger partial charge is 0.326 e. The molecular weight excluding hydrogens is 275 g/mol. The van der Waals surface area contributed by atoms with Crippen LogP contribution in [0.1, 0.15) is 32.4 Å². The number of hydrogen-bond donors (Lipinski definition) is 2. The van der Waals surface area contributed by atoms with Crippen LogP contribution >= 0.6 is 0 Å². The minimum atomic E-state index is -1.09. The number of carboxylic acid groups (broad SMARTS) is 1. The molecule has 6 heteroatoms. The Morgan fingerprint density at radius 3 is 2.29 bits per heavy atom. The number of halogens is 1. The van der Waals surface area contributed by atoms with E-state index in [2.05, 4.69) is 5.32 Å². The third-order valence-electron chi connectivity index (χ3n) is 3.47. The number of carbonyl (C=O) groups excluding carboxylic acids is 1. The summed E-state index contributed by atoms with van der Waals surface area (Å²) in [5.41, 5.74) is 0.381. The van der Waals surface area contributed by atoms with Crippen molar-refractivity contribution in [2.24, 2.45) is 5.92 Å². The molecule has 5 nitrogen and oxygen atoms in total. The van der Waals surface area contributed by atoms with Gasteiger partial charge in [0.1, 0.15) is 11.9 Å². The van der Waals surface area contributed by atoms with Crippen molar-refractivity contribution in [3.8, 4) is 0 Å². The molecule has 0 aliphatic heterocycles. The average Bonchev–Trinajstić information content (AvgIpc) is 2.42. The highest BCUT2D eigenvalue weighted by Gasteiger charge is 2.27. The van der Waals surface area contributed by atoms with Gasteiger partial charge in [-0.3, -0.25) is 0 Å². The van der Waals surface area contributed by atoms with E-state index in [4.69, 9.17) is 5.11 Å². The van der Waals surface area contributed by atoms with E-state index in [1.165, 1.54) is 18.0 Å². The fraction of sp³-hybridized carbons (Fsp3) is 0.467. The van der Waals surface area contributed by atoms with Gasteiger partial charge in [-0.05, 0) is 18.9 Å². The second kappa shape index (κ2) is 7.06. The Morgan fingerprint density at radius 1 is 1.24 bits per heavy atom. The van der Waals surface area contributed by atoms with Crippen LogP contribution in [0.5, 0.6) is 0 Å². The number of nitrogens with zero attached hydrogens (tertiary/aromatic N) is 1. The summed E-state index contributed by atoms with van der Waals surface area (Å²) in [6.45, 7) is 5.10. The Kier molecular flexibility index (Phi) is 5.69.